The highest BCUT2D eigenvalue weighted by atomic mass is 32.2. The third kappa shape index (κ3) is 3.58. The summed E-state index contributed by atoms with van der Waals surface area (Å²) in [5.74, 6) is 1.25. The van der Waals surface area contributed by atoms with Crippen LogP contribution >= 0.6 is 0 Å². The van der Waals surface area contributed by atoms with Crippen molar-refractivity contribution < 1.29 is 12.9 Å². The van der Waals surface area contributed by atoms with Crippen molar-refractivity contribution in [3.05, 3.63) is 11.7 Å². The van der Waals surface area contributed by atoms with Gasteiger partial charge in [-0.1, -0.05) is 24.9 Å². The Labute approximate surface area is 120 Å². The molecule has 0 radical (unpaired) electrons. The normalized spacial score (nSPS) is 24.2. The summed E-state index contributed by atoms with van der Waals surface area (Å²) in [5.41, 5.74) is 0. The molecule has 0 N–H and O–H groups in total. The van der Waals surface area contributed by atoms with Crippen LogP contribution in [0.2, 0.25) is 0 Å². The Kier molecular flexibility index (Phi) is 4.80. The third-order valence-electron chi connectivity index (χ3n) is 3.99. The summed E-state index contributed by atoms with van der Waals surface area (Å²) in [5, 5.41) is 3.59. The van der Waals surface area contributed by atoms with Crippen molar-refractivity contribution in [3.63, 3.8) is 0 Å². The number of aromatic nitrogens is 2. The lowest BCUT2D eigenvalue weighted by Gasteiger charge is -2.36. The summed E-state index contributed by atoms with van der Waals surface area (Å²) >= 11 is 0. The largest absolute Gasteiger partial charge is 0.338 e. The maximum Gasteiger partial charge on any atom is 0.240 e. The van der Waals surface area contributed by atoms with E-state index in [1.165, 1.54) is 6.26 Å². The molecule has 2 atom stereocenters. The lowest BCUT2D eigenvalue weighted by Crippen LogP contribution is -2.46. The first kappa shape index (κ1) is 15.4. The molecule has 2 unspecified atom stereocenters. The Bertz CT molecular complexity index is 541. The number of sulfone groups is 1. The lowest BCUT2D eigenvalue weighted by molar-refractivity contribution is 0.167. The van der Waals surface area contributed by atoms with E-state index < -0.39 is 9.84 Å². The third-order valence-corrected chi connectivity index (χ3v) is 5.64. The Balaban J connectivity index is 2.07. The number of nitrogens with zero attached hydrogens (tertiary/aromatic N) is 3. The highest BCUT2D eigenvalue weighted by Gasteiger charge is 2.35. The van der Waals surface area contributed by atoms with Gasteiger partial charge in [-0.2, -0.15) is 4.98 Å². The van der Waals surface area contributed by atoms with Crippen LogP contribution in [0.1, 0.15) is 44.3 Å². The van der Waals surface area contributed by atoms with Crippen LogP contribution in [0, 0.1) is 0 Å². The molecule has 1 aromatic heterocycles. The molecule has 1 saturated carbocycles. The minimum atomic E-state index is -3.02. The zero-order chi connectivity index (χ0) is 14.8. The Morgan fingerprint density at radius 3 is 2.65 bits per heavy atom. The number of aryl methyl sites for hydroxylation is 1. The van der Waals surface area contributed by atoms with E-state index in [-0.39, 0.29) is 11.3 Å². The summed E-state index contributed by atoms with van der Waals surface area (Å²) in [6.45, 7) is 2.48. The van der Waals surface area contributed by atoms with E-state index in [9.17, 15) is 8.42 Å². The van der Waals surface area contributed by atoms with Gasteiger partial charge >= 0.3 is 0 Å². The second-order valence-electron chi connectivity index (χ2n) is 5.59. The van der Waals surface area contributed by atoms with Gasteiger partial charge in [0.05, 0.1) is 11.8 Å². The first-order valence-corrected chi connectivity index (χ1v) is 9.08. The highest BCUT2D eigenvalue weighted by Crippen LogP contribution is 2.28. The van der Waals surface area contributed by atoms with Crippen LogP contribution in [0.25, 0.3) is 0 Å². The van der Waals surface area contributed by atoms with Crippen molar-refractivity contribution in [2.75, 3.05) is 13.3 Å². The predicted molar refractivity (Wildman–Crippen MR) is 76.0 cm³/mol. The molecule has 7 heteroatoms. The molecule has 0 saturated heterocycles. The second kappa shape index (κ2) is 6.22. The van der Waals surface area contributed by atoms with Crippen LogP contribution < -0.4 is 0 Å². The van der Waals surface area contributed by atoms with Crippen molar-refractivity contribution in [2.24, 2.45) is 0 Å². The fourth-order valence-corrected chi connectivity index (χ4v) is 4.42. The molecule has 0 amide bonds. The van der Waals surface area contributed by atoms with E-state index in [4.69, 9.17) is 4.52 Å². The molecule has 0 spiro atoms. The summed E-state index contributed by atoms with van der Waals surface area (Å²) in [6, 6.07) is 0.0377. The molecule has 0 aromatic carbocycles. The molecule has 6 nitrogen and oxygen atoms in total. The molecule has 1 aliphatic carbocycles. The summed E-state index contributed by atoms with van der Waals surface area (Å²) in [7, 11) is -1.09. The molecular weight excluding hydrogens is 278 g/mol. The summed E-state index contributed by atoms with van der Waals surface area (Å²) < 4.78 is 29.0. The maximum atomic E-state index is 11.9. The van der Waals surface area contributed by atoms with Crippen molar-refractivity contribution in [2.45, 2.75) is 56.9 Å². The first-order valence-electron chi connectivity index (χ1n) is 7.12. The van der Waals surface area contributed by atoms with Gasteiger partial charge in [0.1, 0.15) is 0 Å². The Morgan fingerprint density at radius 1 is 1.35 bits per heavy atom. The van der Waals surface area contributed by atoms with Crippen LogP contribution in [-0.4, -0.2) is 48.1 Å². The Hall–Kier alpha value is -0.950. The van der Waals surface area contributed by atoms with Gasteiger partial charge in [0.25, 0.3) is 0 Å². The lowest BCUT2D eigenvalue weighted by atomic mass is 9.94. The van der Waals surface area contributed by atoms with Gasteiger partial charge in [0.2, 0.25) is 5.89 Å². The van der Waals surface area contributed by atoms with E-state index in [0.717, 1.165) is 32.1 Å². The van der Waals surface area contributed by atoms with Gasteiger partial charge in [-0.25, -0.2) is 8.42 Å². The molecule has 0 bridgehead atoms. The molecule has 20 heavy (non-hydrogen) atoms. The van der Waals surface area contributed by atoms with Gasteiger partial charge in [0.15, 0.2) is 15.7 Å². The smallest absolute Gasteiger partial charge is 0.240 e. The molecule has 114 valence electrons. The van der Waals surface area contributed by atoms with Crippen molar-refractivity contribution in [1.82, 2.24) is 15.0 Å². The summed E-state index contributed by atoms with van der Waals surface area (Å²) in [4.78, 5) is 6.32. The first-order chi connectivity index (χ1) is 9.41. The highest BCUT2D eigenvalue weighted by molar-refractivity contribution is 7.91. The molecule has 1 heterocycles. The fraction of sp³-hybridized carbons (Fsp3) is 0.846. The van der Waals surface area contributed by atoms with E-state index in [0.29, 0.717) is 18.3 Å². The van der Waals surface area contributed by atoms with Crippen molar-refractivity contribution in [1.29, 1.82) is 0 Å². The van der Waals surface area contributed by atoms with Crippen molar-refractivity contribution in [3.8, 4) is 0 Å². The standard InChI is InChI=1S/C13H23N3O3S/c1-4-12-14-13(19-15-12)9-16(2)10-7-5-6-8-11(10)20(3,17)18/h10-11H,4-9H2,1-3H3. The molecule has 2 rings (SSSR count). The van der Waals surface area contributed by atoms with E-state index in [2.05, 4.69) is 10.1 Å². The van der Waals surface area contributed by atoms with Crippen molar-refractivity contribution >= 4 is 9.84 Å². The number of rotatable bonds is 5. The minimum absolute atomic E-state index is 0.0377. The van der Waals surface area contributed by atoms with Gasteiger partial charge in [-0.3, -0.25) is 4.90 Å². The SMILES string of the molecule is CCc1noc(CN(C)C2CCCCC2S(C)(=O)=O)n1. The quantitative estimate of drug-likeness (QED) is 0.818. The van der Waals surface area contributed by atoms with Crippen LogP contribution in [0.5, 0.6) is 0 Å². The second-order valence-corrected chi connectivity index (χ2v) is 7.86. The van der Waals surface area contributed by atoms with E-state index in [1.807, 2.05) is 18.9 Å². The van der Waals surface area contributed by atoms with E-state index in [1.54, 1.807) is 0 Å². The topological polar surface area (TPSA) is 76.3 Å². The molecular formula is C13H23N3O3S. The average Bonchev–Trinajstić information content (AvgIpc) is 2.85. The van der Waals surface area contributed by atoms with Crippen LogP contribution in [0.4, 0.5) is 0 Å². The Morgan fingerprint density at radius 2 is 2.05 bits per heavy atom. The van der Waals surface area contributed by atoms with Gasteiger partial charge in [0, 0.05) is 18.7 Å². The number of hydrogen-bond donors (Lipinski definition) is 0. The van der Waals surface area contributed by atoms with E-state index >= 15 is 0 Å². The van der Waals surface area contributed by atoms with Gasteiger partial charge < -0.3 is 4.52 Å². The van der Waals surface area contributed by atoms with Crippen LogP contribution in [-0.2, 0) is 22.8 Å². The van der Waals surface area contributed by atoms with Crippen LogP contribution in [0.3, 0.4) is 0 Å². The molecule has 1 aromatic rings. The molecule has 0 aliphatic heterocycles. The molecule has 1 fully saturated rings. The zero-order valence-corrected chi connectivity index (χ0v) is 13.2. The van der Waals surface area contributed by atoms with Crippen LogP contribution in [0.15, 0.2) is 4.52 Å². The zero-order valence-electron chi connectivity index (χ0n) is 12.4. The van der Waals surface area contributed by atoms with Gasteiger partial charge in [-0.15, -0.1) is 0 Å². The van der Waals surface area contributed by atoms with Gasteiger partial charge in [-0.05, 0) is 19.9 Å². The number of hydrogen-bond acceptors (Lipinski definition) is 6. The predicted octanol–water partition coefficient (Wildman–Crippen LogP) is 1.42. The summed E-state index contributed by atoms with van der Waals surface area (Å²) in [6.07, 6.45) is 5.79. The fourth-order valence-electron chi connectivity index (χ4n) is 2.91. The molecule has 1 aliphatic rings. The average molecular weight is 301 g/mol. The maximum absolute atomic E-state index is 11.9. The minimum Gasteiger partial charge on any atom is -0.338 e. The monoisotopic (exact) mass is 301 g/mol.